The quantitative estimate of drug-likeness (QED) is 0.845. The number of ether oxygens (including phenoxy) is 2. The molecule has 3 heteroatoms. The zero-order chi connectivity index (χ0) is 15.9. The molecule has 0 aliphatic carbocycles. The minimum atomic E-state index is 0.148. The molecule has 0 aliphatic rings. The van der Waals surface area contributed by atoms with Crippen LogP contribution in [-0.2, 0) is 13.0 Å². The summed E-state index contributed by atoms with van der Waals surface area (Å²) in [5.74, 6) is 1.97. The molecule has 2 aromatic carbocycles. The number of hydrogen-bond donors (Lipinski definition) is 1. The lowest BCUT2D eigenvalue weighted by Gasteiger charge is -2.17. The molecular formula is C19H25NO2. The molecule has 0 saturated heterocycles. The van der Waals surface area contributed by atoms with Gasteiger partial charge in [-0.2, -0.15) is 0 Å². The van der Waals surface area contributed by atoms with E-state index >= 15 is 0 Å². The second-order valence-electron chi connectivity index (χ2n) is 5.87. The predicted octanol–water partition coefficient (Wildman–Crippen LogP) is 3.80. The number of benzene rings is 2. The molecule has 2 N–H and O–H groups in total. The van der Waals surface area contributed by atoms with Crippen molar-refractivity contribution in [3.63, 3.8) is 0 Å². The highest BCUT2D eigenvalue weighted by Gasteiger charge is 2.11. The lowest BCUT2D eigenvalue weighted by Crippen LogP contribution is -2.28. The summed E-state index contributed by atoms with van der Waals surface area (Å²) < 4.78 is 11.3. The van der Waals surface area contributed by atoms with E-state index in [-0.39, 0.29) is 6.04 Å². The van der Waals surface area contributed by atoms with Crippen LogP contribution in [0.1, 0.15) is 25.0 Å². The van der Waals surface area contributed by atoms with Gasteiger partial charge in [0.15, 0.2) is 11.5 Å². The molecule has 0 amide bonds. The highest BCUT2D eigenvalue weighted by atomic mass is 16.5. The summed E-state index contributed by atoms with van der Waals surface area (Å²) in [5.41, 5.74) is 8.47. The third kappa shape index (κ3) is 4.50. The molecule has 0 radical (unpaired) electrons. The first kappa shape index (κ1) is 16.4. The van der Waals surface area contributed by atoms with Crippen molar-refractivity contribution in [1.29, 1.82) is 0 Å². The van der Waals surface area contributed by atoms with E-state index in [2.05, 4.69) is 19.9 Å². The van der Waals surface area contributed by atoms with Crippen molar-refractivity contribution in [3.8, 4) is 11.5 Å². The maximum absolute atomic E-state index is 6.16. The fraction of sp³-hybridized carbons (Fsp3) is 0.368. The molecule has 0 unspecified atom stereocenters. The van der Waals surface area contributed by atoms with Crippen LogP contribution in [0.3, 0.4) is 0 Å². The van der Waals surface area contributed by atoms with Crippen LogP contribution in [0.15, 0.2) is 48.5 Å². The number of hydrogen-bond acceptors (Lipinski definition) is 3. The number of rotatable bonds is 7. The van der Waals surface area contributed by atoms with Gasteiger partial charge < -0.3 is 15.2 Å². The fourth-order valence-electron chi connectivity index (χ4n) is 2.20. The third-order valence-corrected chi connectivity index (χ3v) is 3.79. The summed E-state index contributed by atoms with van der Waals surface area (Å²) in [5, 5.41) is 0. The van der Waals surface area contributed by atoms with Crippen LogP contribution in [0.25, 0.3) is 0 Å². The molecule has 0 saturated carbocycles. The number of nitrogens with two attached hydrogens (primary N) is 1. The van der Waals surface area contributed by atoms with Crippen LogP contribution in [0.4, 0.5) is 0 Å². The van der Waals surface area contributed by atoms with Crippen molar-refractivity contribution in [2.45, 2.75) is 32.9 Å². The average Bonchev–Trinajstić information content (AvgIpc) is 2.54. The van der Waals surface area contributed by atoms with E-state index in [1.165, 1.54) is 5.56 Å². The minimum absolute atomic E-state index is 0.148. The van der Waals surface area contributed by atoms with Crippen molar-refractivity contribution in [2.24, 2.45) is 11.7 Å². The van der Waals surface area contributed by atoms with E-state index in [9.17, 15) is 0 Å². The van der Waals surface area contributed by atoms with Gasteiger partial charge in [-0.05, 0) is 35.6 Å². The van der Waals surface area contributed by atoms with Crippen LogP contribution in [0.2, 0.25) is 0 Å². The lowest BCUT2D eigenvalue weighted by atomic mass is 9.97. The Balaban J connectivity index is 2.10. The first-order valence-corrected chi connectivity index (χ1v) is 7.69. The lowest BCUT2D eigenvalue weighted by molar-refractivity contribution is 0.284. The monoisotopic (exact) mass is 299 g/mol. The van der Waals surface area contributed by atoms with Crippen molar-refractivity contribution >= 4 is 0 Å². The van der Waals surface area contributed by atoms with Crippen molar-refractivity contribution in [3.05, 3.63) is 59.7 Å². The summed E-state index contributed by atoms with van der Waals surface area (Å²) in [7, 11) is 1.66. The first-order chi connectivity index (χ1) is 10.6. The summed E-state index contributed by atoms with van der Waals surface area (Å²) in [6, 6.07) is 16.3. The molecule has 0 aromatic heterocycles. The molecule has 2 aromatic rings. The SMILES string of the molecule is COc1ccc(C[C@@H](N)C(C)C)cc1OCc1ccccc1. The maximum atomic E-state index is 6.16. The van der Waals surface area contributed by atoms with Crippen LogP contribution in [0.5, 0.6) is 11.5 Å². The van der Waals surface area contributed by atoms with Crippen LogP contribution >= 0.6 is 0 Å². The van der Waals surface area contributed by atoms with E-state index in [1.54, 1.807) is 7.11 Å². The molecule has 0 aliphatic heterocycles. The Morgan fingerprint density at radius 1 is 0.955 bits per heavy atom. The van der Waals surface area contributed by atoms with Gasteiger partial charge in [0.25, 0.3) is 0 Å². The Kier molecular flexibility index (Phi) is 5.84. The smallest absolute Gasteiger partial charge is 0.161 e. The Bertz CT molecular complexity index is 581. The predicted molar refractivity (Wildman–Crippen MR) is 90.3 cm³/mol. The molecule has 0 heterocycles. The molecule has 22 heavy (non-hydrogen) atoms. The van der Waals surface area contributed by atoms with Crippen LogP contribution in [-0.4, -0.2) is 13.2 Å². The van der Waals surface area contributed by atoms with E-state index in [0.717, 1.165) is 23.5 Å². The summed E-state index contributed by atoms with van der Waals surface area (Å²) in [4.78, 5) is 0. The third-order valence-electron chi connectivity index (χ3n) is 3.79. The largest absolute Gasteiger partial charge is 0.493 e. The van der Waals surface area contributed by atoms with Gasteiger partial charge >= 0.3 is 0 Å². The van der Waals surface area contributed by atoms with E-state index in [4.69, 9.17) is 15.2 Å². The van der Waals surface area contributed by atoms with Crippen molar-refractivity contribution in [1.82, 2.24) is 0 Å². The van der Waals surface area contributed by atoms with Gasteiger partial charge in [-0.15, -0.1) is 0 Å². The van der Waals surface area contributed by atoms with Gasteiger partial charge in [-0.1, -0.05) is 50.2 Å². The van der Waals surface area contributed by atoms with Gasteiger partial charge in [0.05, 0.1) is 7.11 Å². The van der Waals surface area contributed by atoms with Crippen molar-refractivity contribution in [2.75, 3.05) is 7.11 Å². The normalized spacial score (nSPS) is 12.2. The number of methoxy groups -OCH3 is 1. The second kappa shape index (κ2) is 7.85. The first-order valence-electron chi connectivity index (χ1n) is 7.69. The summed E-state index contributed by atoms with van der Waals surface area (Å²) in [6.07, 6.45) is 0.837. The van der Waals surface area contributed by atoms with E-state index in [1.807, 2.05) is 42.5 Å². The van der Waals surface area contributed by atoms with Gasteiger partial charge in [-0.3, -0.25) is 0 Å². The average molecular weight is 299 g/mol. The molecule has 0 spiro atoms. The molecule has 1 atom stereocenters. The van der Waals surface area contributed by atoms with E-state index < -0.39 is 0 Å². The standard InChI is InChI=1S/C19H25NO2/c1-14(2)17(20)11-16-9-10-18(21-3)19(12-16)22-13-15-7-5-4-6-8-15/h4-10,12,14,17H,11,13,20H2,1-3H3/t17-/m1/s1. The molecule has 0 fully saturated rings. The molecule has 0 bridgehead atoms. The Morgan fingerprint density at radius 3 is 2.32 bits per heavy atom. The highest BCUT2D eigenvalue weighted by molar-refractivity contribution is 5.43. The molecule has 3 nitrogen and oxygen atoms in total. The van der Waals surface area contributed by atoms with Gasteiger partial charge in [0.1, 0.15) is 6.61 Å². The zero-order valence-corrected chi connectivity index (χ0v) is 13.6. The van der Waals surface area contributed by atoms with Crippen molar-refractivity contribution < 1.29 is 9.47 Å². The van der Waals surface area contributed by atoms with Gasteiger partial charge in [0, 0.05) is 6.04 Å². The Morgan fingerprint density at radius 2 is 1.68 bits per heavy atom. The molecular weight excluding hydrogens is 274 g/mol. The second-order valence-corrected chi connectivity index (χ2v) is 5.87. The maximum Gasteiger partial charge on any atom is 0.161 e. The molecule has 118 valence electrons. The van der Waals surface area contributed by atoms with Crippen LogP contribution < -0.4 is 15.2 Å². The highest BCUT2D eigenvalue weighted by Crippen LogP contribution is 2.29. The Labute approximate surface area is 133 Å². The Hall–Kier alpha value is -2.00. The minimum Gasteiger partial charge on any atom is -0.493 e. The van der Waals surface area contributed by atoms with Crippen LogP contribution in [0, 0.1) is 5.92 Å². The van der Waals surface area contributed by atoms with Gasteiger partial charge in [-0.25, -0.2) is 0 Å². The zero-order valence-electron chi connectivity index (χ0n) is 13.6. The molecule has 2 rings (SSSR count). The van der Waals surface area contributed by atoms with Gasteiger partial charge in [0.2, 0.25) is 0 Å². The summed E-state index contributed by atoms with van der Waals surface area (Å²) >= 11 is 0. The fourth-order valence-corrected chi connectivity index (χ4v) is 2.20. The van der Waals surface area contributed by atoms with E-state index in [0.29, 0.717) is 12.5 Å². The summed E-state index contributed by atoms with van der Waals surface area (Å²) in [6.45, 7) is 4.80. The topological polar surface area (TPSA) is 44.5 Å².